The van der Waals surface area contributed by atoms with Crippen LogP contribution in [0.3, 0.4) is 0 Å². The van der Waals surface area contributed by atoms with Crippen LogP contribution in [-0.4, -0.2) is 23.3 Å². The Labute approximate surface area is 178 Å². The Hall–Kier alpha value is -3.25. The van der Waals surface area contributed by atoms with Gasteiger partial charge in [-0.2, -0.15) is 0 Å². The zero-order chi connectivity index (χ0) is 21.1. The van der Waals surface area contributed by atoms with Crippen molar-refractivity contribution < 1.29 is 14.0 Å². The molecule has 0 fully saturated rings. The van der Waals surface area contributed by atoms with Crippen LogP contribution in [0.2, 0.25) is 0 Å². The number of hydrogen-bond acceptors (Lipinski definition) is 4. The molecule has 0 spiro atoms. The highest BCUT2D eigenvalue weighted by atomic mass is 32.1. The second-order valence-corrected chi connectivity index (χ2v) is 7.99. The molecule has 0 atom stereocenters. The van der Waals surface area contributed by atoms with E-state index in [1.807, 2.05) is 41.8 Å². The number of carbonyl (C=O) groups excluding carboxylic acids is 2. The molecular formula is C24H21FN2O2S. The van der Waals surface area contributed by atoms with Crippen LogP contribution in [0.15, 0.2) is 71.7 Å². The number of anilines is 1. The van der Waals surface area contributed by atoms with Gasteiger partial charge in [-0.15, -0.1) is 11.3 Å². The Balaban J connectivity index is 1.59. The molecule has 1 aliphatic heterocycles. The summed E-state index contributed by atoms with van der Waals surface area (Å²) in [7, 11) is 0. The predicted molar refractivity (Wildman–Crippen MR) is 118 cm³/mol. The average molecular weight is 421 g/mol. The Kier molecular flexibility index (Phi) is 5.77. The molecule has 2 heterocycles. The van der Waals surface area contributed by atoms with E-state index in [1.54, 1.807) is 12.1 Å². The van der Waals surface area contributed by atoms with Crippen molar-refractivity contribution in [3.63, 3.8) is 0 Å². The van der Waals surface area contributed by atoms with Crippen LogP contribution in [-0.2, 0) is 22.4 Å². The summed E-state index contributed by atoms with van der Waals surface area (Å²) in [5.74, 6) is -0.961. The molecular weight excluding hydrogens is 399 g/mol. The van der Waals surface area contributed by atoms with Gasteiger partial charge >= 0.3 is 0 Å². The fourth-order valence-corrected chi connectivity index (χ4v) is 4.17. The van der Waals surface area contributed by atoms with Gasteiger partial charge < -0.3 is 5.32 Å². The van der Waals surface area contributed by atoms with Crippen LogP contribution in [0.25, 0.3) is 5.57 Å². The number of nitrogens with one attached hydrogen (secondary N) is 1. The van der Waals surface area contributed by atoms with Crippen molar-refractivity contribution in [1.82, 2.24) is 4.90 Å². The van der Waals surface area contributed by atoms with E-state index in [4.69, 9.17) is 0 Å². The van der Waals surface area contributed by atoms with Gasteiger partial charge in [-0.3, -0.25) is 14.5 Å². The Morgan fingerprint density at radius 2 is 1.63 bits per heavy atom. The summed E-state index contributed by atoms with van der Waals surface area (Å²) in [6.45, 7) is 2.32. The van der Waals surface area contributed by atoms with Gasteiger partial charge in [-0.05, 0) is 59.7 Å². The van der Waals surface area contributed by atoms with E-state index in [2.05, 4.69) is 12.2 Å². The number of aryl methyl sites for hydroxylation is 1. The van der Waals surface area contributed by atoms with Crippen molar-refractivity contribution in [2.45, 2.75) is 19.8 Å². The van der Waals surface area contributed by atoms with Gasteiger partial charge in [0.15, 0.2) is 0 Å². The van der Waals surface area contributed by atoms with E-state index in [9.17, 15) is 14.0 Å². The molecule has 6 heteroatoms. The van der Waals surface area contributed by atoms with E-state index >= 15 is 0 Å². The minimum atomic E-state index is -0.343. The standard InChI is InChI=1S/C24H21FN2O2S/c1-2-16-7-11-19(12-8-16)26-22-21(20-4-3-15-30-20)23(28)27(24(22)29)14-13-17-5-9-18(25)10-6-17/h3-12,15,26H,2,13-14H2,1H3. The second kappa shape index (κ2) is 8.63. The molecule has 0 bridgehead atoms. The van der Waals surface area contributed by atoms with Crippen LogP contribution >= 0.6 is 11.3 Å². The maximum atomic E-state index is 13.2. The van der Waals surface area contributed by atoms with E-state index < -0.39 is 0 Å². The molecule has 0 saturated heterocycles. The molecule has 152 valence electrons. The Morgan fingerprint density at radius 3 is 2.27 bits per heavy atom. The van der Waals surface area contributed by atoms with E-state index in [-0.39, 0.29) is 24.2 Å². The molecule has 1 aromatic heterocycles. The van der Waals surface area contributed by atoms with E-state index in [0.29, 0.717) is 17.7 Å². The van der Waals surface area contributed by atoms with Crippen LogP contribution in [0.5, 0.6) is 0 Å². The fourth-order valence-electron chi connectivity index (χ4n) is 3.40. The molecule has 4 nitrogen and oxygen atoms in total. The highest BCUT2D eigenvalue weighted by Gasteiger charge is 2.39. The maximum absolute atomic E-state index is 13.2. The zero-order valence-corrected chi connectivity index (χ0v) is 17.3. The first kappa shape index (κ1) is 20.0. The average Bonchev–Trinajstić information content (AvgIpc) is 3.36. The molecule has 4 rings (SSSR count). The minimum absolute atomic E-state index is 0.234. The molecule has 2 aromatic carbocycles. The van der Waals surface area contributed by atoms with Crippen LogP contribution in [0.4, 0.5) is 10.1 Å². The molecule has 0 unspecified atom stereocenters. The van der Waals surface area contributed by atoms with Crippen LogP contribution < -0.4 is 5.32 Å². The Bertz CT molecular complexity index is 1090. The van der Waals surface area contributed by atoms with Gasteiger partial charge in [0.25, 0.3) is 11.8 Å². The highest BCUT2D eigenvalue weighted by molar-refractivity contribution is 7.11. The van der Waals surface area contributed by atoms with Gasteiger partial charge in [-0.1, -0.05) is 37.3 Å². The summed E-state index contributed by atoms with van der Waals surface area (Å²) in [5, 5.41) is 5.05. The first-order valence-electron chi connectivity index (χ1n) is 9.81. The van der Waals surface area contributed by atoms with Gasteiger partial charge in [0.2, 0.25) is 0 Å². The number of carbonyl (C=O) groups is 2. The van der Waals surface area contributed by atoms with Crippen molar-refractivity contribution in [2.24, 2.45) is 0 Å². The quantitative estimate of drug-likeness (QED) is 0.554. The third-order valence-electron chi connectivity index (χ3n) is 5.10. The van der Waals surface area contributed by atoms with E-state index in [1.165, 1.54) is 33.9 Å². The summed E-state index contributed by atoms with van der Waals surface area (Å²) >= 11 is 1.43. The van der Waals surface area contributed by atoms with E-state index in [0.717, 1.165) is 22.5 Å². The summed E-state index contributed by atoms with van der Waals surface area (Å²) in [5.41, 5.74) is 3.52. The number of rotatable bonds is 7. The maximum Gasteiger partial charge on any atom is 0.278 e. The number of thiophene rings is 1. The van der Waals surface area contributed by atoms with Gasteiger partial charge in [-0.25, -0.2) is 4.39 Å². The zero-order valence-electron chi connectivity index (χ0n) is 16.5. The number of halogens is 1. The molecule has 0 radical (unpaired) electrons. The molecule has 1 N–H and O–H groups in total. The number of imide groups is 1. The summed E-state index contributed by atoms with van der Waals surface area (Å²) in [4.78, 5) is 28.3. The first-order chi connectivity index (χ1) is 14.6. The lowest BCUT2D eigenvalue weighted by atomic mass is 10.1. The molecule has 3 aromatic rings. The third-order valence-corrected chi connectivity index (χ3v) is 5.99. The summed E-state index contributed by atoms with van der Waals surface area (Å²) in [6.07, 6.45) is 1.39. The molecule has 0 saturated carbocycles. The number of benzene rings is 2. The van der Waals surface area contributed by atoms with Crippen molar-refractivity contribution >= 4 is 34.4 Å². The molecule has 2 amide bonds. The van der Waals surface area contributed by atoms with Crippen molar-refractivity contribution in [3.8, 4) is 0 Å². The summed E-state index contributed by atoms with van der Waals surface area (Å²) < 4.78 is 13.1. The predicted octanol–water partition coefficient (Wildman–Crippen LogP) is 4.88. The van der Waals surface area contributed by atoms with Crippen molar-refractivity contribution in [3.05, 3.63) is 93.6 Å². The topological polar surface area (TPSA) is 49.4 Å². The minimum Gasteiger partial charge on any atom is -0.350 e. The van der Waals surface area contributed by atoms with Gasteiger partial charge in [0.1, 0.15) is 11.5 Å². The molecule has 30 heavy (non-hydrogen) atoms. The SMILES string of the molecule is CCc1ccc(NC2=C(c3cccs3)C(=O)N(CCc3ccc(F)cc3)C2=O)cc1. The number of nitrogens with zero attached hydrogens (tertiary/aromatic N) is 1. The second-order valence-electron chi connectivity index (χ2n) is 7.04. The first-order valence-corrected chi connectivity index (χ1v) is 10.7. The van der Waals surface area contributed by atoms with Crippen LogP contribution in [0, 0.1) is 5.82 Å². The molecule has 0 aliphatic carbocycles. The fraction of sp³-hybridized carbons (Fsp3) is 0.167. The van der Waals surface area contributed by atoms with Crippen molar-refractivity contribution in [2.75, 3.05) is 11.9 Å². The third kappa shape index (κ3) is 4.04. The lowest BCUT2D eigenvalue weighted by molar-refractivity contribution is -0.136. The smallest absolute Gasteiger partial charge is 0.278 e. The largest absolute Gasteiger partial charge is 0.350 e. The summed E-state index contributed by atoms with van der Waals surface area (Å²) in [6, 6.07) is 17.6. The lowest BCUT2D eigenvalue weighted by Gasteiger charge is -2.15. The number of hydrogen-bond donors (Lipinski definition) is 1. The lowest BCUT2D eigenvalue weighted by Crippen LogP contribution is -2.34. The van der Waals surface area contributed by atoms with Crippen molar-refractivity contribution in [1.29, 1.82) is 0 Å². The monoisotopic (exact) mass is 420 g/mol. The normalized spacial score (nSPS) is 14.0. The Morgan fingerprint density at radius 1 is 0.933 bits per heavy atom. The van der Waals surface area contributed by atoms with Gasteiger partial charge in [0, 0.05) is 17.1 Å². The van der Waals surface area contributed by atoms with Crippen LogP contribution in [0.1, 0.15) is 22.9 Å². The highest BCUT2D eigenvalue weighted by Crippen LogP contribution is 2.33. The number of amides is 2. The molecule has 1 aliphatic rings. The van der Waals surface area contributed by atoms with Gasteiger partial charge in [0.05, 0.1) is 5.57 Å².